The molecule has 1 aromatic heterocycles. The lowest BCUT2D eigenvalue weighted by atomic mass is 10.1. The van der Waals surface area contributed by atoms with E-state index in [-0.39, 0.29) is 39.3 Å². The average molecular weight is 647 g/mol. The number of carboxylic acid groups (broad SMARTS) is 2. The summed E-state index contributed by atoms with van der Waals surface area (Å²) in [7, 11) is 1.29. The van der Waals surface area contributed by atoms with Crippen LogP contribution in [0.15, 0.2) is 32.4 Å². The van der Waals surface area contributed by atoms with E-state index in [1.807, 2.05) is 6.07 Å². The van der Waals surface area contributed by atoms with Gasteiger partial charge in [-0.05, 0) is 42.6 Å². The minimum Gasteiger partial charge on any atom is -0.480 e. The maximum Gasteiger partial charge on any atom is 0.325 e. The van der Waals surface area contributed by atoms with Gasteiger partial charge in [0.05, 0.1) is 22.4 Å². The highest BCUT2D eigenvalue weighted by Gasteiger charge is 2.37. The summed E-state index contributed by atoms with van der Waals surface area (Å²) in [6.07, 6.45) is 3.33. The number of hydrogen-bond acceptors (Lipinski definition) is 12. The number of fused-ring (bicyclic) bond motifs is 2. The van der Waals surface area contributed by atoms with E-state index < -0.39 is 42.5 Å². The number of methoxy groups -OCH3 is 1. The second-order valence-electron chi connectivity index (χ2n) is 9.76. The molecule has 17 heteroatoms. The monoisotopic (exact) mass is 646 g/mol. The lowest BCUT2D eigenvalue weighted by Crippen LogP contribution is -2.37. The molecule has 0 radical (unpaired) electrons. The Hall–Kier alpha value is -4.35. The van der Waals surface area contributed by atoms with Crippen LogP contribution in [0.2, 0.25) is 0 Å². The number of hydrogen-bond donors (Lipinski definition) is 3. The fraction of sp³-hybridized carbons (Fsp3) is 0.308. The Bertz CT molecular complexity index is 1840. The number of nitrogens with zero attached hydrogens (tertiary/aromatic N) is 3. The predicted molar refractivity (Wildman–Crippen MR) is 156 cm³/mol. The Morgan fingerprint density at radius 3 is 2.44 bits per heavy atom. The molecule has 0 spiro atoms. The fourth-order valence-corrected chi connectivity index (χ4v) is 7.40. The number of amides is 1. The zero-order valence-electron chi connectivity index (χ0n) is 22.3. The number of thiazole rings is 1. The topological polar surface area (TPSA) is 177 Å². The van der Waals surface area contributed by atoms with Crippen LogP contribution < -0.4 is 34.4 Å². The van der Waals surface area contributed by atoms with Crippen LogP contribution in [-0.2, 0) is 30.5 Å². The van der Waals surface area contributed by atoms with Crippen LogP contribution in [-0.4, -0.2) is 75.6 Å². The first kappa shape index (κ1) is 28.8. The molecule has 4 heterocycles. The molecule has 224 valence electrons. The Morgan fingerprint density at radius 2 is 1.79 bits per heavy atom. The predicted octanol–water partition coefficient (Wildman–Crippen LogP) is -0.180. The van der Waals surface area contributed by atoms with Gasteiger partial charge in [-0.1, -0.05) is 11.8 Å². The first-order valence-electron chi connectivity index (χ1n) is 12.8. The molecule has 2 fully saturated rings. The number of nitrogens with one attached hydrogen (secondary N) is 1. The van der Waals surface area contributed by atoms with E-state index in [0.717, 1.165) is 44.1 Å². The smallest absolute Gasteiger partial charge is 0.325 e. The van der Waals surface area contributed by atoms with Crippen LogP contribution in [0.3, 0.4) is 0 Å². The molecule has 6 rings (SSSR count). The first-order chi connectivity index (χ1) is 20.5. The van der Waals surface area contributed by atoms with E-state index in [1.165, 1.54) is 18.9 Å². The number of ether oxygens (including phenoxy) is 3. The molecule has 1 amide bonds. The van der Waals surface area contributed by atoms with Crippen molar-refractivity contribution in [3.05, 3.63) is 42.3 Å². The summed E-state index contributed by atoms with van der Waals surface area (Å²) < 4.78 is 17.1. The van der Waals surface area contributed by atoms with Gasteiger partial charge in [0.25, 0.3) is 11.5 Å². The highest BCUT2D eigenvalue weighted by atomic mass is 32.2. The standard InChI is InChI=1S/C26H22N4O10S3/c1-38-20(35)9-28-13-5-14-15(40-10-39-14)6-16(13)42-24(28)12(11-2-3-11)4-17-22(36)29(7-18(31)32)25(43-17)21-23(37)30(8-19(33)34)26(41)27-21/h4-6,11H,2-3,7-10H2,1H3,(H,27,41)(H,31,32)(H,33,34)/b17-4+,24-12-,25-21-. The SMILES string of the molecule is COC(=O)CN1/C(=C(\C=c2\s/c(=C3\NC(=S)N(CC(=O)O)C3=O)n(CC(=O)O)c2=O)C2CC2)Sc2cc3c(cc21)OCO3. The molecular weight excluding hydrogens is 625 g/mol. The number of carboxylic acids is 2. The Balaban J connectivity index is 1.53. The van der Waals surface area contributed by atoms with Gasteiger partial charge < -0.3 is 34.6 Å². The molecule has 1 aliphatic carbocycles. The molecule has 0 unspecified atom stereocenters. The highest BCUT2D eigenvalue weighted by Crippen LogP contribution is 2.54. The maximum absolute atomic E-state index is 13.6. The number of anilines is 1. The van der Waals surface area contributed by atoms with E-state index in [2.05, 4.69) is 5.32 Å². The van der Waals surface area contributed by atoms with Gasteiger partial charge in [0.15, 0.2) is 16.6 Å². The summed E-state index contributed by atoms with van der Waals surface area (Å²) in [6.45, 7) is -1.46. The van der Waals surface area contributed by atoms with Gasteiger partial charge >= 0.3 is 17.9 Å². The van der Waals surface area contributed by atoms with Gasteiger partial charge in [0, 0.05) is 17.0 Å². The number of benzene rings is 1. The van der Waals surface area contributed by atoms with Crippen molar-refractivity contribution < 1.29 is 43.6 Å². The number of esters is 1. The number of thioether (sulfide) groups is 1. The van der Waals surface area contributed by atoms with Crippen LogP contribution in [0.4, 0.5) is 5.69 Å². The van der Waals surface area contributed by atoms with Crippen LogP contribution in [0.1, 0.15) is 12.8 Å². The molecule has 0 bridgehead atoms. The third-order valence-corrected chi connectivity index (χ3v) is 9.56. The molecule has 3 aliphatic heterocycles. The van der Waals surface area contributed by atoms with E-state index in [9.17, 15) is 34.2 Å². The molecule has 1 saturated carbocycles. The lowest BCUT2D eigenvalue weighted by molar-refractivity contribution is -0.140. The van der Waals surface area contributed by atoms with Crippen LogP contribution in [0, 0.1) is 5.92 Å². The zero-order valence-corrected chi connectivity index (χ0v) is 24.7. The lowest BCUT2D eigenvalue weighted by Gasteiger charge is -2.21. The van der Waals surface area contributed by atoms with E-state index in [4.69, 9.17) is 26.4 Å². The quantitative estimate of drug-likeness (QED) is 0.254. The summed E-state index contributed by atoms with van der Waals surface area (Å²) in [5.41, 5.74) is 0.643. The van der Waals surface area contributed by atoms with Gasteiger partial charge in [0.2, 0.25) is 6.79 Å². The van der Waals surface area contributed by atoms with Crippen molar-refractivity contribution in [2.24, 2.45) is 5.92 Å². The van der Waals surface area contributed by atoms with Crippen LogP contribution in [0.25, 0.3) is 11.8 Å². The van der Waals surface area contributed by atoms with Gasteiger partial charge in [-0.25, -0.2) is 0 Å². The van der Waals surface area contributed by atoms with E-state index in [0.29, 0.717) is 22.2 Å². The molecule has 43 heavy (non-hydrogen) atoms. The van der Waals surface area contributed by atoms with Crippen molar-refractivity contribution in [2.75, 3.05) is 31.9 Å². The maximum atomic E-state index is 13.6. The van der Waals surface area contributed by atoms with Crippen molar-refractivity contribution >= 4 is 81.7 Å². The van der Waals surface area contributed by atoms with Gasteiger partial charge in [-0.15, -0.1) is 11.3 Å². The summed E-state index contributed by atoms with van der Waals surface area (Å²) in [6, 6.07) is 3.61. The second-order valence-corrected chi connectivity index (χ2v) is 12.2. The van der Waals surface area contributed by atoms with E-state index >= 15 is 0 Å². The molecular formula is C26H22N4O10S3. The Labute approximate surface area is 255 Å². The largest absolute Gasteiger partial charge is 0.480 e. The molecule has 1 aromatic carbocycles. The number of aliphatic carboxylic acids is 2. The number of allylic oxidation sites excluding steroid dienone is 1. The van der Waals surface area contributed by atoms with Crippen molar-refractivity contribution in [1.82, 2.24) is 14.8 Å². The third-order valence-electron chi connectivity index (χ3n) is 6.91. The molecule has 4 aliphatic rings. The average Bonchev–Trinajstić information content (AvgIpc) is 3.39. The third kappa shape index (κ3) is 5.34. The normalized spacial score (nSPS) is 20.0. The van der Waals surface area contributed by atoms with Crippen LogP contribution in [0.5, 0.6) is 11.5 Å². The number of thiocarbonyl (C=S) groups is 1. The number of carbonyl (C=O) groups excluding carboxylic acids is 2. The van der Waals surface area contributed by atoms with Crippen molar-refractivity contribution in [3.63, 3.8) is 0 Å². The summed E-state index contributed by atoms with van der Waals surface area (Å²) in [5, 5.41) is 21.9. The first-order valence-corrected chi connectivity index (χ1v) is 14.8. The van der Waals surface area contributed by atoms with Gasteiger partial charge in [0.1, 0.15) is 30.0 Å². The van der Waals surface area contributed by atoms with Crippen molar-refractivity contribution in [2.45, 2.75) is 24.3 Å². The second kappa shape index (κ2) is 11.1. The number of carbonyl (C=O) groups is 4. The molecule has 1 saturated heterocycles. The Kier molecular flexibility index (Phi) is 7.39. The highest BCUT2D eigenvalue weighted by molar-refractivity contribution is 8.03. The molecule has 3 N–H and O–H groups in total. The van der Waals surface area contributed by atoms with Gasteiger partial charge in [-0.2, -0.15) is 0 Å². The fourth-order valence-electron chi connectivity index (χ4n) is 4.79. The van der Waals surface area contributed by atoms with Crippen LogP contribution >= 0.6 is 35.3 Å². The van der Waals surface area contributed by atoms with Crippen molar-refractivity contribution in [3.8, 4) is 11.5 Å². The van der Waals surface area contributed by atoms with Crippen molar-refractivity contribution in [1.29, 1.82) is 0 Å². The summed E-state index contributed by atoms with van der Waals surface area (Å²) >= 11 is 7.41. The minimum atomic E-state index is -1.31. The Morgan fingerprint density at radius 1 is 1.09 bits per heavy atom. The number of aromatic nitrogens is 1. The minimum absolute atomic E-state index is 0.00136. The molecule has 2 aromatic rings. The summed E-state index contributed by atoms with van der Waals surface area (Å²) in [5.74, 6) is -2.71. The molecule has 0 atom stereocenters. The van der Waals surface area contributed by atoms with E-state index in [1.54, 1.807) is 17.0 Å². The molecule has 14 nitrogen and oxygen atoms in total. The zero-order chi connectivity index (χ0) is 30.6. The summed E-state index contributed by atoms with van der Waals surface area (Å²) in [4.78, 5) is 65.5. The van der Waals surface area contributed by atoms with Gasteiger partial charge in [-0.3, -0.25) is 33.4 Å². The number of rotatable bonds is 8.